The molecule has 0 saturated carbocycles. The van der Waals surface area contributed by atoms with Crippen LogP contribution in [0.3, 0.4) is 0 Å². The van der Waals surface area contributed by atoms with E-state index in [0.717, 1.165) is 0 Å². The number of rotatable bonds is 4. The Hall–Kier alpha value is -0.780. The third-order valence-corrected chi connectivity index (χ3v) is 1.28. The number of carbonyl (C=O) groups excluding carboxylic acids is 1. The zero-order chi connectivity index (χ0) is 8.69. The highest BCUT2D eigenvalue weighted by Gasteiger charge is 2.05. The zero-order valence-corrected chi connectivity index (χ0v) is 8.00. The molecule has 0 atom stereocenters. The molecule has 0 aliphatic rings. The molecule has 0 radical (unpaired) electrons. The van der Waals surface area contributed by atoms with Crippen molar-refractivity contribution in [2.75, 3.05) is 0 Å². The standard InChI is InChI=1S/C7H8INO2/c1-3-5-6(11-8)7(10)9-4-2/h3-5H,1-2H2,(H,9,10)/b6-5+. The van der Waals surface area contributed by atoms with Gasteiger partial charge in [-0.2, -0.15) is 0 Å². The molecule has 0 aromatic carbocycles. The van der Waals surface area contributed by atoms with Gasteiger partial charge in [-0.15, -0.1) is 0 Å². The molecular weight excluding hydrogens is 257 g/mol. The van der Waals surface area contributed by atoms with Gasteiger partial charge in [-0.1, -0.05) is 19.2 Å². The first kappa shape index (κ1) is 10.2. The minimum Gasteiger partial charge on any atom is -0.422 e. The van der Waals surface area contributed by atoms with Crippen LogP contribution >= 0.6 is 23.0 Å². The van der Waals surface area contributed by atoms with Gasteiger partial charge < -0.3 is 8.38 Å². The number of amides is 1. The predicted molar refractivity (Wildman–Crippen MR) is 51.7 cm³/mol. The van der Waals surface area contributed by atoms with Crippen LogP contribution in [0.15, 0.2) is 37.3 Å². The first-order valence-corrected chi connectivity index (χ1v) is 3.67. The molecule has 3 nitrogen and oxygen atoms in total. The summed E-state index contributed by atoms with van der Waals surface area (Å²) >= 11 is 1.62. The van der Waals surface area contributed by atoms with Crippen LogP contribution in [-0.4, -0.2) is 5.91 Å². The summed E-state index contributed by atoms with van der Waals surface area (Å²) in [5, 5.41) is 2.36. The molecular formula is C7H8INO2. The molecule has 0 bridgehead atoms. The smallest absolute Gasteiger partial charge is 0.291 e. The van der Waals surface area contributed by atoms with Gasteiger partial charge in [0.25, 0.3) is 5.91 Å². The van der Waals surface area contributed by atoms with E-state index in [1.807, 2.05) is 0 Å². The molecule has 0 aliphatic carbocycles. The lowest BCUT2D eigenvalue weighted by Crippen LogP contribution is -2.18. The average molecular weight is 265 g/mol. The van der Waals surface area contributed by atoms with Crippen molar-refractivity contribution in [1.29, 1.82) is 0 Å². The molecule has 0 spiro atoms. The van der Waals surface area contributed by atoms with E-state index >= 15 is 0 Å². The van der Waals surface area contributed by atoms with E-state index < -0.39 is 0 Å². The molecule has 1 amide bonds. The van der Waals surface area contributed by atoms with Crippen LogP contribution in [0.5, 0.6) is 0 Å². The number of halogens is 1. The summed E-state index contributed by atoms with van der Waals surface area (Å²) in [5.41, 5.74) is 0. The molecule has 1 N–H and O–H groups in total. The third kappa shape index (κ3) is 3.82. The first-order chi connectivity index (χ1) is 5.26. The minimum absolute atomic E-state index is 0.195. The van der Waals surface area contributed by atoms with Gasteiger partial charge in [-0.3, -0.25) is 4.79 Å². The molecule has 4 heteroatoms. The lowest BCUT2D eigenvalue weighted by molar-refractivity contribution is -0.118. The zero-order valence-electron chi connectivity index (χ0n) is 5.84. The van der Waals surface area contributed by atoms with Gasteiger partial charge in [0, 0.05) is 0 Å². The summed E-state index contributed by atoms with van der Waals surface area (Å²) in [6.07, 6.45) is 4.22. The van der Waals surface area contributed by atoms with E-state index in [1.165, 1.54) is 18.4 Å². The van der Waals surface area contributed by atoms with Gasteiger partial charge in [0.2, 0.25) is 0 Å². The Morgan fingerprint density at radius 2 is 2.18 bits per heavy atom. The van der Waals surface area contributed by atoms with Crippen molar-refractivity contribution in [1.82, 2.24) is 5.32 Å². The molecule has 0 aliphatic heterocycles. The highest BCUT2D eigenvalue weighted by molar-refractivity contribution is 14.1. The van der Waals surface area contributed by atoms with E-state index in [1.54, 1.807) is 23.0 Å². The molecule has 0 aromatic rings. The number of allylic oxidation sites excluding steroid dienone is 2. The molecule has 60 valence electrons. The topological polar surface area (TPSA) is 38.3 Å². The van der Waals surface area contributed by atoms with Crippen molar-refractivity contribution in [3.05, 3.63) is 37.3 Å². The van der Waals surface area contributed by atoms with Gasteiger partial charge in [0.05, 0.1) is 0 Å². The Morgan fingerprint density at radius 3 is 2.55 bits per heavy atom. The molecule has 0 unspecified atom stereocenters. The van der Waals surface area contributed by atoms with E-state index in [-0.39, 0.29) is 11.7 Å². The maximum Gasteiger partial charge on any atom is 0.291 e. The van der Waals surface area contributed by atoms with E-state index in [2.05, 4.69) is 18.5 Å². The number of hydrogen-bond acceptors (Lipinski definition) is 2. The summed E-state index contributed by atoms with van der Waals surface area (Å²) < 4.78 is 4.71. The maximum absolute atomic E-state index is 10.9. The van der Waals surface area contributed by atoms with Gasteiger partial charge in [0.15, 0.2) is 28.8 Å². The Balaban J connectivity index is 4.24. The fourth-order valence-corrected chi connectivity index (χ4v) is 0.754. The normalized spacial score (nSPS) is 10.1. The Morgan fingerprint density at radius 1 is 1.55 bits per heavy atom. The predicted octanol–water partition coefficient (Wildman–Crippen LogP) is 1.68. The van der Waals surface area contributed by atoms with Gasteiger partial charge >= 0.3 is 0 Å². The lowest BCUT2D eigenvalue weighted by Gasteiger charge is -1.99. The quantitative estimate of drug-likeness (QED) is 0.363. The Bertz CT molecular complexity index is 199. The van der Waals surface area contributed by atoms with Crippen molar-refractivity contribution in [3.8, 4) is 0 Å². The van der Waals surface area contributed by atoms with Crippen LogP contribution in [0.1, 0.15) is 0 Å². The summed E-state index contributed by atoms with van der Waals surface area (Å²) in [7, 11) is 0. The second-order valence-electron chi connectivity index (χ2n) is 1.52. The summed E-state index contributed by atoms with van der Waals surface area (Å²) in [6.45, 7) is 6.76. The van der Waals surface area contributed by atoms with Crippen molar-refractivity contribution >= 4 is 28.9 Å². The monoisotopic (exact) mass is 265 g/mol. The van der Waals surface area contributed by atoms with Crippen molar-refractivity contribution < 1.29 is 7.86 Å². The Labute approximate surface area is 79.5 Å². The third-order valence-electron chi connectivity index (χ3n) is 0.809. The lowest BCUT2D eigenvalue weighted by atomic mass is 10.4. The van der Waals surface area contributed by atoms with Crippen molar-refractivity contribution in [2.24, 2.45) is 0 Å². The Kier molecular flexibility index (Phi) is 5.54. The molecule has 0 rings (SSSR count). The molecule has 0 saturated heterocycles. The van der Waals surface area contributed by atoms with E-state index in [9.17, 15) is 4.79 Å². The van der Waals surface area contributed by atoms with E-state index in [4.69, 9.17) is 3.07 Å². The van der Waals surface area contributed by atoms with Crippen LogP contribution in [0.4, 0.5) is 0 Å². The first-order valence-electron chi connectivity index (χ1n) is 2.79. The van der Waals surface area contributed by atoms with Crippen LogP contribution in [-0.2, 0) is 7.86 Å². The minimum atomic E-state index is -0.339. The fraction of sp³-hybridized carbons (Fsp3) is 0. The molecule has 0 aromatic heterocycles. The maximum atomic E-state index is 10.9. The summed E-state index contributed by atoms with van der Waals surface area (Å²) in [5.74, 6) is -0.144. The van der Waals surface area contributed by atoms with Gasteiger partial charge in [-0.25, -0.2) is 0 Å². The highest BCUT2D eigenvalue weighted by Crippen LogP contribution is 2.02. The van der Waals surface area contributed by atoms with Crippen molar-refractivity contribution in [3.63, 3.8) is 0 Å². The SMILES string of the molecule is C=C/C=C(/OI)C(=O)NC=C. The largest absolute Gasteiger partial charge is 0.422 e. The van der Waals surface area contributed by atoms with Crippen LogP contribution in [0.2, 0.25) is 0 Å². The second kappa shape index (κ2) is 5.96. The average Bonchev–Trinajstić information content (AvgIpc) is 2.00. The fourth-order valence-electron chi connectivity index (χ4n) is 0.407. The van der Waals surface area contributed by atoms with Crippen LogP contribution in [0, 0.1) is 0 Å². The van der Waals surface area contributed by atoms with Crippen LogP contribution in [0.25, 0.3) is 0 Å². The number of carbonyl (C=O) groups is 1. The van der Waals surface area contributed by atoms with E-state index in [0.29, 0.717) is 0 Å². The second-order valence-corrected chi connectivity index (χ2v) is 1.96. The highest BCUT2D eigenvalue weighted by atomic mass is 127. The molecule has 0 fully saturated rings. The van der Waals surface area contributed by atoms with Crippen LogP contribution < -0.4 is 5.32 Å². The van der Waals surface area contributed by atoms with Gasteiger partial charge in [-0.05, 0) is 12.3 Å². The molecule has 11 heavy (non-hydrogen) atoms. The summed E-state index contributed by atoms with van der Waals surface area (Å²) in [4.78, 5) is 10.9. The summed E-state index contributed by atoms with van der Waals surface area (Å²) in [6, 6.07) is 0. The van der Waals surface area contributed by atoms with Crippen molar-refractivity contribution in [2.45, 2.75) is 0 Å². The number of nitrogens with one attached hydrogen (secondary N) is 1. The number of hydrogen-bond donors (Lipinski definition) is 1. The van der Waals surface area contributed by atoms with Gasteiger partial charge in [0.1, 0.15) is 0 Å². The molecule has 0 heterocycles.